The van der Waals surface area contributed by atoms with Gasteiger partial charge in [0.1, 0.15) is 0 Å². The van der Waals surface area contributed by atoms with E-state index in [4.69, 9.17) is 0 Å². The lowest BCUT2D eigenvalue weighted by molar-refractivity contribution is 1.42. The molecule has 0 heteroatoms. The van der Waals surface area contributed by atoms with E-state index in [1.54, 1.807) is 0 Å². The summed E-state index contributed by atoms with van der Waals surface area (Å²) in [7, 11) is 0. The lowest BCUT2D eigenvalue weighted by Gasteiger charge is -2.13. The molecule has 60 heavy (non-hydrogen) atoms. The summed E-state index contributed by atoms with van der Waals surface area (Å²) >= 11 is 0. The summed E-state index contributed by atoms with van der Waals surface area (Å²) in [5.74, 6) is 42.4. The van der Waals surface area contributed by atoms with Gasteiger partial charge in [-0.2, -0.15) is 0 Å². The molecule has 0 fully saturated rings. The summed E-state index contributed by atoms with van der Waals surface area (Å²) in [5.41, 5.74) is 15.9. The Morgan fingerprint density at radius 2 is 0.350 bits per heavy atom. The first-order chi connectivity index (χ1) is 29.2. The maximum absolute atomic E-state index is 3.59. The molecule has 0 spiro atoms. The Hall–Kier alpha value is -8.10. The molecule has 7 aromatic rings. The highest BCUT2D eigenvalue weighted by molar-refractivity contribution is 5.78. The first-order valence-corrected chi connectivity index (χ1v) is 19.9. The third-order valence-corrected chi connectivity index (χ3v) is 9.60. The van der Waals surface area contributed by atoms with Crippen molar-refractivity contribution in [3.8, 4) is 71.0 Å². The summed E-state index contributed by atoms with van der Waals surface area (Å²) in [6, 6.07) is 49.2. The molecule has 0 atom stereocenters. The van der Waals surface area contributed by atoms with Crippen molar-refractivity contribution in [2.75, 3.05) is 0 Å². The molecule has 0 saturated heterocycles. The predicted molar refractivity (Wildman–Crippen MR) is 249 cm³/mol. The van der Waals surface area contributed by atoms with Crippen LogP contribution in [0.25, 0.3) is 0 Å². The second kappa shape index (κ2) is 18.9. The lowest BCUT2D eigenvalue weighted by Crippen LogP contribution is -2.05. The highest BCUT2D eigenvalue weighted by atomic mass is 14.2. The minimum Gasteiger partial charge on any atom is -0.0616 e. The minimum atomic E-state index is 0.653. The molecule has 0 saturated carbocycles. The van der Waals surface area contributed by atoms with Gasteiger partial charge in [-0.05, 0) is 148 Å². The third-order valence-electron chi connectivity index (χ3n) is 9.60. The SMILES string of the molecule is Cc1cccc(C#Cc2c(C#Cc3cccc(C)c3)c(C#Cc3cccc(C)c3)c(C#Cc3cccc(C)c3)c(C#Cc3cccc(C)c3)c2C#Cc2cccc(C)c2)c1. The topological polar surface area (TPSA) is 0 Å². The van der Waals surface area contributed by atoms with E-state index >= 15 is 0 Å². The maximum atomic E-state index is 3.59. The summed E-state index contributed by atoms with van der Waals surface area (Å²) in [6.45, 7) is 12.4. The quantitative estimate of drug-likeness (QED) is 0.135. The van der Waals surface area contributed by atoms with Gasteiger partial charge in [0.15, 0.2) is 0 Å². The molecule has 0 radical (unpaired) electrons. The normalized spacial score (nSPS) is 9.70. The van der Waals surface area contributed by atoms with Crippen molar-refractivity contribution in [3.05, 3.63) is 246 Å². The van der Waals surface area contributed by atoms with Gasteiger partial charge in [-0.1, -0.05) is 144 Å². The lowest BCUT2D eigenvalue weighted by atomic mass is 9.86. The molecular formula is C60H42. The summed E-state index contributed by atoms with van der Waals surface area (Å²) in [4.78, 5) is 0. The molecule has 0 aliphatic rings. The van der Waals surface area contributed by atoms with Crippen LogP contribution in [0.3, 0.4) is 0 Å². The zero-order chi connectivity index (χ0) is 41.8. The minimum absolute atomic E-state index is 0.653. The Morgan fingerprint density at radius 1 is 0.200 bits per heavy atom. The number of aryl methyl sites for hydroxylation is 6. The molecule has 0 heterocycles. The Labute approximate surface area is 356 Å². The summed E-state index contributed by atoms with van der Waals surface area (Å²) in [6.07, 6.45) is 0. The van der Waals surface area contributed by atoms with Crippen molar-refractivity contribution in [1.29, 1.82) is 0 Å². The number of hydrogen-bond donors (Lipinski definition) is 0. The van der Waals surface area contributed by atoms with Gasteiger partial charge < -0.3 is 0 Å². The standard InChI is InChI=1S/C60H42/c1-43-13-7-19-49(37-43)25-31-55-56(32-26-50-20-8-14-44(2)38-50)58(34-28-52-22-10-16-46(4)40-52)60(36-30-54-24-12-18-48(6)42-54)59(35-29-53-23-11-17-47(5)41-53)57(55)33-27-51-21-9-15-45(3)39-51/h7-24,37-42H,1-6H3. The van der Waals surface area contributed by atoms with Crippen LogP contribution in [0.1, 0.15) is 100 Å². The van der Waals surface area contributed by atoms with Crippen LogP contribution in [0.5, 0.6) is 0 Å². The largest absolute Gasteiger partial charge is 0.0616 e. The number of rotatable bonds is 0. The molecule has 7 rings (SSSR count). The Morgan fingerprint density at radius 3 is 0.483 bits per heavy atom. The fourth-order valence-electron chi connectivity index (χ4n) is 6.64. The van der Waals surface area contributed by atoms with Crippen molar-refractivity contribution in [3.63, 3.8) is 0 Å². The van der Waals surface area contributed by atoms with Crippen LogP contribution < -0.4 is 0 Å². The Bertz CT molecular complexity index is 2600. The van der Waals surface area contributed by atoms with E-state index in [1.165, 1.54) is 0 Å². The predicted octanol–water partition coefficient (Wildman–Crippen LogP) is 11.9. The van der Waals surface area contributed by atoms with Crippen LogP contribution in [0, 0.1) is 113 Å². The van der Waals surface area contributed by atoms with Gasteiger partial charge >= 0.3 is 0 Å². The van der Waals surface area contributed by atoms with Crippen molar-refractivity contribution in [2.24, 2.45) is 0 Å². The van der Waals surface area contributed by atoms with Gasteiger partial charge in [-0.15, -0.1) is 0 Å². The first-order valence-electron chi connectivity index (χ1n) is 19.9. The molecule has 0 bridgehead atoms. The summed E-state index contributed by atoms with van der Waals surface area (Å²) in [5, 5.41) is 0. The monoisotopic (exact) mass is 762 g/mol. The van der Waals surface area contributed by atoms with Crippen molar-refractivity contribution in [2.45, 2.75) is 41.5 Å². The highest BCUT2D eigenvalue weighted by Gasteiger charge is 2.20. The summed E-state index contributed by atoms with van der Waals surface area (Å²) < 4.78 is 0. The fourth-order valence-corrected chi connectivity index (χ4v) is 6.64. The Kier molecular flexibility index (Phi) is 12.6. The molecule has 0 aliphatic heterocycles. The van der Waals surface area contributed by atoms with Gasteiger partial charge in [0, 0.05) is 33.4 Å². The molecular weight excluding hydrogens is 721 g/mol. The van der Waals surface area contributed by atoms with E-state index in [9.17, 15) is 0 Å². The smallest absolute Gasteiger partial charge is 0.0588 e. The molecule has 0 N–H and O–H groups in total. The maximum Gasteiger partial charge on any atom is 0.0588 e. The van der Waals surface area contributed by atoms with Gasteiger partial charge in [0.05, 0.1) is 33.4 Å². The van der Waals surface area contributed by atoms with Gasteiger partial charge in [-0.3, -0.25) is 0 Å². The van der Waals surface area contributed by atoms with Crippen LogP contribution in [0.15, 0.2) is 146 Å². The number of benzene rings is 7. The zero-order valence-electron chi connectivity index (χ0n) is 34.9. The molecule has 0 aromatic heterocycles. The van der Waals surface area contributed by atoms with E-state index in [0.717, 1.165) is 66.8 Å². The molecule has 0 aliphatic carbocycles. The van der Waals surface area contributed by atoms with E-state index in [2.05, 4.69) is 185 Å². The Balaban J connectivity index is 1.68. The van der Waals surface area contributed by atoms with E-state index < -0.39 is 0 Å². The van der Waals surface area contributed by atoms with E-state index in [0.29, 0.717) is 33.4 Å². The van der Waals surface area contributed by atoms with Crippen molar-refractivity contribution < 1.29 is 0 Å². The average molecular weight is 763 g/mol. The molecule has 282 valence electrons. The van der Waals surface area contributed by atoms with Crippen LogP contribution in [-0.4, -0.2) is 0 Å². The van der Waals surface area contributed by atoms with Crippen LogP contribution in [-0.2, 0) is 0 Å². The van der Waals surface area contributed by atoms with Crippen molar-refractivity contribution in [1.82, 2.24) is 0 Å². The molecule has 0 nitrogen and oxygen atoms in total. The third kappa shape index (κ3) is 10.6. The second-order valence-electron chi connectivity index (χ2n) is 15.0. The zero-order valence-corrected chi connectivity index (χ0v) is 34.9. The molecule has 0 amide bonds. The van der Waals surface area contributed by atoms with Crippen LogP contribution in [0.2, 0.25) is 0 Å². The first kappa shape index (κ1) is 40.1. The second-order valence-corrected chi connectivity index (χ2v) is 15.0. The highest BCUT2D eigenvalue weighted by Crippen LogP contribution is 2.28. The van der Waals surface area contributed by atoms with Gasteiger partial charge in [0.2, 0.25) is 0 Å². The number of hydrogen-bond acceptors (Lipinski definition) is 0. The van der Waals surface area contributed by atoms with E-state index in [1.807, 2.05) is 72.8 Å². The molecule has 0 unspecified atom stereocenters. The van der Waals surface area contributed by atoms with Gasteiger partial charge in [-0.25, -0.2) is 0 Å². The average Bonchev–Trinajstić information content (AvgIpc) is 3.22. The van der Waals surface area contributed by atoms with Gasteiger partial charge in [0.25, 0.3) is 0 Å². The fraction of sp³-hybridized carbons (Fsp3) is 0.100. The van der Waals surface area contributed by atoms with Crippen molar-refractivity contribution >= 4 is 0 Å². The molecule has 7 aromatic carbocycles. The van der Waals surface area contributed by atoms with Crippen LogP contribution in [0.4, 0.5) is 0 Å². The van der Waals surface area contributed by atoms with Crippen LogP contribution >= 0.6 is 0 Å². The van der Waals surface area contributed by atoms with E-state index in [-0.39, 0.29) is 0 Å².